The van der Waals surface area contributed by atoms with Crippen LogP contribution in [0.4, 0.5) is 0 Å². The molecule has 0 radical (unpaired) electrons. The number of aliphatic hydroxyl groups excluding tert-OH is 1. The highest BCUT2D eigenvalue weighted by Gasteiger charge is 2.56. The fourth-order valence-electron chi connectivity index (χ4n) is 4.66. The maximum Gasteiger partial charge on any atom is 0.223 e. The molecule has 1 aromatic carbocycles. The first-order chi connectivity index (χ1) is 13.5. The number of carbonyl (C=O) groups excluding carboxylic acids is 1. The summed E-state index contributed by atoms with van der Waals surface area (Å²) >= 11 is 0. The second kappa shape index (κ2) is 7.72. The average Bonchev–Trinajstić information content (AvgIpc) is 3.19. The first-order valence-electron chi connectivity index (χ1n) is 10.2. The standard InChI is InChI=1S/C23H29NO4/c1-16-3-5-17(6-4-16)19-9-7-18(28-19)8-10-22(26)24-13-11-23(12-14-24)20(25)15-21(23)27-2/h3-7,9,20-21,25H,8,10-15H2,1-2H3/t20-,21+/m1/s1. The zero-order valence-corrected chi connectivity index (χ0v) is 16.7. The highest BCUT2D eigenvalue weighted by Crippen LogP contribution is 2.50. The van der Waals surface area contributed by atoms with Gasteiger partial charge in [0.15, 0.2) is 0 Å². The van der Waals surface area contributed by atoms with Gasteiger partial charge in [-0.05, 0) is 31.9 Å². The average molecular weight is 383 g/mol. The number of ether oxygens (including phenoxy) is 1. The van der Waals surface area contributed by atoms with Crippen molar-refractivity contribution in [1.29, 1.82) is 0 Å². The quantitative estimate of drug-likeness (QED) is 0.857. The number of rotatable bonds is 5. The van der Waals surface area contributed by atoms with Crippen LogP contribution in [0, 0.1) is 12.3 Å². The molecule has 4 rings (SSSR count). The van der Waals surface area contributed by atoms with Gasteiger partial charge in [0.25, 0.3) is 0 Å². The van der Waals surface area contributed by atoms with Gasteiger partial charge in [0.2, 0.25) is 5.91 Å². The Hall–Kier alpha value is -2.11. The van der Waals surface area contributed by atoms with E-state index in [-0.39, 0.29) is 23.5 Å². The third-order valence-corrected chi connectivity index (χ3v) is 6.66. The summed E-state index contributed by atoms with van der Waals surface area (Å²) in [6.45, 7) is 3.46. The maximum atomic E-state index is 12.6. The molecule has 0 unspecified atom stereocenters. The molecule has 2 aromatic rings. The molecule has 1 aromatic heterocycles. The van der Waals surface area contributed by atoms with Crippen molar-refractivity contribution in [1.82, 2.24) is 4.90 Å². The van der Waals surface area contributed by atoms with Crippen LogP contribution in [0.25, 0.3) is 11.3 Å². The molecule has 150 valence electrons. The SMILES string of the molecule is CO[C@H]1C[C@@H](O)C12CCN(C(=O)CCc1ccc(-c3ccc(C)cc3)o1)CC2. The van der Waals surface area contributed by atoms with Gasteiger partial charge in [0.05, 0.1) is 12.2 Å². The minimum Gasteiger partial charge on any atom is -0.461 e. The van der Waals surface area contributed by atoms with Crippen LogP contribution >= 0.6 is 0 Å². The highest BCUT2D eigenvalue weighted by atomic mass is 16.5. The molecule has 5 nitrogen and oxygen atoms in total. The van der Waals surface area contributed by atoms with Crippen LogP contribution in [0.15, 0.2) is 40.8 Å². The van der Waals surface area contributed by atoms with E-state index in [1.165, 1.54) is 5.56 Å². The zero-order chi connectivity index (χ0) is 19.7. The molecule has 0 bridgehead atoms. The number of likely N-dealkylation sites (tertiary alicyclic amines) is 1. The Morgan fingerprint density at radius 3 is 2.57 bits per heavy atom. The molecule has 28 heavy (non-hydrogen) atoms. The van der Waals surface area contributed by atoms with Gasteiger partial charge in [-0.25, -0.2) is 0 Å². The Morgan fingerprint density at radius 1 is 1.21 bits per heavy atom. The third-order valence-electron chi connectivity index (χ3n) is 6.66. The monoisotopic (exact) mass is 383 g/mol. The summed E-state index contributed by atoms with van der Waals surface area (Å²) in [4.78, 5) is 14.5. The first-order valence-corrected chi connectivity index (χ1v) is 10.2. The van der Waals surface area contributed by atoms with Crippen molar-refractivity contribution in [3.8, 4) is 11.3 Å². The number of methoxy groups -OCH3 is 1. The van der Waals surface area contributed by atoms with Crippen LogP contribution in [0.2, 0.25) is 0 Å². The number of amides is 1. The Labute approximate surface area is 166 Å². The molecular weight excluding hydrogens is 354 g/mol. The molecule has 1 spiro atoms. The number of aliphatic hydroxyl groups is 1. The van der Waals surface area contributed by atoms with Crippen LogP contribution in [0.1, 0.15) is 37.0 Å². The van der Waals surface area contributed by atoms with E-state index >= 15 is 0 Å². The highest BCUT2D eigenvalue weighted by molar-refractivity contribution is 5.76. The van der Waals surface area contributed by atoms with Crippen molar-refractivity contribution >= 4 is 5.91 Å². The molecule has 2 heterocycles. The van der Waals surface area contributed by atoms with Crippen LogP contribution in [-0.2, 0) is 16.0 Å². The zero-order valence-electron chi connectivity index (χ0n) is 16.7. The lowest BCUT2D eigenvalue weighted by Crippen LogP contribution is -2.62. The van der Waals surface area contributed by atoms with E-state index in [0.717, 1.165) is 29.9 Å². The van der Waals surface area contributed by atoms with Gasteiger partial charge in [0, 0.05) is 50.4 Å². The predicted molar refractivity (Wildman–Crippen MR) is 107 cm³/mol. The predicted octanol–water partition coefficient (Wildman–Crippen LogP) is 3.58. The van der Waals surface area contributed by atoms with Crippen LogP contribution in [0.3, 0.4) is 0 Å². The van der Waals surface area contributed by atoms with Gasteiger partial charge in [-0.15, -0.1) is 0 Å². The summed E-state index contributed by atoms with van der Waals surface area (Å²) in [5, 5.41) is 10.2. The van der Waals surface area contributed by atoms with E-state index in [1.807, 2.05) is 17.0 Å². The lowest BCUT2D eigenvalue weighted by atomic mass is 9.58. The molecule has 1 saturated heterocycles. The fraction of sp³-hybridized carbons (Fsp3) is 0.522. The van der Waals surface area contributed by atoms with Gasteiger partial charge >= 0.3 is 0 Å². The van der Waals surface area contributed by atoms with E-state index in [4.69, 9.17) is 9.15 Å². The van der Waals surface area contributed by atoms with Crippen molar-refractivity contribution in [2.45, 2.75) is 51.2 Å². The number of aryl methyl sites for hydroxylation is 2. The lowest BCUT2D eigenvalue weighted by molar-refractivity contribution is -0.202. The summed E-state index contributed by atoms with van der Waals surface area (Å²) in [5.74, 6) is 1.84. The van der Waals surface area contributed by atoms with Crippen molar-refractivity contribution in [3.63, 3.8) is 0 Å². The van der Waals surface area contributed by atoms with Gasteiger partial charge in [0.1, 0.15) is 11.5 Å². The summed E-state index contributed by atoms with van der Waals surface area (Å²) in [5.41, 5.74) is 2.13. The number of benzene rings is 1. The number of nitrogens with zero attached hydrogens (tertiary/aromatic N) is 1. The van der Waals surface area contributed by atoms with Gasteiger partial charge < -0.3 is 19.2 Å². The topological polar surface area (TPSA) is 62.9 Å². The Balaban J connectivity index is 1.29. The molecule has 1 N–H and O–H groups in total. The smallest absolute Gasteiger partial charge is 0.223 e. The first kappa shape index (κ1) is 19.2. The summed E-state index contributed by atoms with van der Waals surface area (Å²) in [6.07, 6.45) is 3.24. The number of piperidine rings is 1. The second-order valence-electron chi connectivity index (χ2n) is 8.22. The normalized spacial score (nSPS) is 23.6. The summed E-state index contributed by atoms with van der Waals surface area (Å²) in [7, 11) is 1.71. The molecular formula is C23H29NO4. The molecule has 2 aliphatic rings. The molecule has 2 fully saturated rings. The van der Waals surface area contributed by atoms with E-state index in [2.05, 4.69) is 31.2 Å². The third kappa shape index (κ3) is 3.49. The molecule has 2 atom stereocenters. The summed E-state index contributed by atoms with van der Waals surface area (Å²) < 4.78 is 11.4. The van der Waals surface area contributed by atoms with Crippen molar-refractivity contribution < 1.29 is 19.1 Å². The Kier molecular flexibility index (Phi) is 5.30. The van der Waals surface area contributed by atoms with Crippen LogP contribution in [-0.4, -0.2) is 48.3 Å². The lowest BCUT2D eigenvalue weighted by Gasteiger charge is -2.56. The minimum atomic E-state index is -0.294. The van der Waals surface area contributed by atoms with Crippen molar-refractivity contribution in [2.24, 2.45) is 5.41 Å². The van der Waals surface area contributed by atoms with E-state index in [9.17, 15) is 9.90 Å². The molecule has 1 aliphatic heterocycles. The van der Waals surface area contributed by atoms with E-state index in [0.29, 0.717) is 32.4 Å². The van der Waals surface area contributed by atoms with E-state index < -0.39 is 0 Å². The van der Waals surface area contributed by atoms with Crippen molar-refractivity contribution in [2.75, 3.05) is 20.2 Å². The van der Waals surface area contributed by atoms with Crippen molar-refractivity contribution in [3.05, 3.63) is 47.7 Å². The molecule has 5 heteroatoms. The number of hydrogen-bond acceptors (Lipinski definition) is 4. The minimum absolute atomic E-state index is 0.128. The second-order valence-corrected chi connectivity index (χ2v) is 8.22. The summed E-state index contributed by atoms with van der Waals surface area (Å²) in [6, 6.07) is 12.2. The number of hydrogen-bond donors (Lipinski definition) is 1. The maximum absolute atomic E-state index is 12.6. The largest absolute Gasteiger partial charge is 0.461 e. The molecule has 1 saturated carbocycles. The van der Waals surface area contributed by atoms with E-state index in [1.54, 1.807) is 7.11 Å². The van der Waals surface area contributed by atoms with Gasteiger partial charge in [-0.2, -0.15) is 0 Å². The van der Waals surface area contributed by atoms with Gasteiger partial charge in [-0.3, -0.25) is 4.79 Å². The van der Waals surface area contributed by atoms with Crippen LogP contribution < -0.4 is 0 Å². The van der Waals surface area contributed by atoms with Gasteiger partial charge in [-0.1, -0.05) is 29.8 Å². The number of carbonyl (C=O) groups is 1. The molecule has 1 aliphatic carbocycles. The Bertz CT molecular complexity index is 817. The number of furan rings is 1. The fourth-order valence-corrected chi connectivity index (χ4v) is 4.66. The molecule has 1 amide bonds. The Morgan fingerprint density at radius 2 is 1.93 bits per heavy atom. The van der Waals surface area contributed by atoms with Crippen LogP contribution in [0.5, 0.6) is 0 Å².